The SMILES string of the molecule is CCCCCCCCCCCCN1C=CC=CC1.N#CS. The highest BCUT2D eigenvalue weighted by molar-refractivity contribution is 7.85. The van der Waals surface area contributed by atoms with Crippen LogP contribution in [0.25, 0.3) is 0 Å². The Balaban J connectivity index is 0.00000122. The van der Waals surface area contributed by atoms with Gasteiger partial charge in [-0.2, -0.15) is 5.26 Å². The molecule has 120 valence electrons. The molecular formula is C18H32N2S. The van der Waals surface area contributed by atoms with Crippen molar-refractivity contribution in [3.63, 3.8) is 0 Å². The fraction of sp³-hybridized carbons (Fsp3) is 0.722. The lowest BCUT2D eigenvalue weighted by atomic mass is 10.1. The largest absolute Gasteiger partial charge is 0.374 e. The number of hydrogen-bond acceptors (Lipinski definition) is 3. The topological polar surface area (TPSA) is 27.0 Å². The maximum atomic E-state index is 7.18. The van der Waals surface area contributed by atoms with Crippen molar-refractivity contribution in [2.75, 3.05) is 13.1 Å². The van der Waals surface area contributed by atoms with E-state index in [9.17, 15) is 0 Å². The molecule has 0 spiro atoms. The maximum Gasteiger partial charge on any atom is 0.130 e. The molecule has 1 heterocycles. The van der Waals surface area contributed by atoms with Crippen molar-refractivity contribution in [1.29, 1.82) is 5.26 Å². The Hall–Kier alpha value is -0.880. The minimum Gasteiger partial charge on any atom is -0.374 e. The van der Waals surface area contributed by atoms with Gasteiger partial charge in [-0.3, -0.25) is 0 Å². The molecule has 2 nitrogen and oxygen atoms in total. The Morgan fingerprint density at radius 2 is 1.48 bits per heavy atom. The Labute approximate surface area is 137 Å². The minimum atomic E-state index is 1.11. The second kappa shape index (κ2) is 17.2. The fourth-order valence-electron chi connectivity index (χ4n) is 2.48. The highest BCUT2D eigenvalue weighted by Crippen LogP contribution is 2.11. The highest BCUT2D eigenvalue weighted by atomic mass is 32.1. The average Bonchev–Trinajstić information content (AvgIpc) is 2.51. The number of thiol groups is 1. The molecule has 0 amide bonds. The van der Waals surface area contributed by atoms with Crippen molar-refractivity contribution < 1.29 is 0 Å². The summed E-state index contributed by atoms with van der Waals surface area (Å²) in [5.74, 6) is 0. The molecule has 0 N–H and O–H groups in total. The van der Waals surface area contributed by atoms with E-state index in [1.54, 1.807) is 0 Å². The third-order valence-corrected chi connectivity index (χ3v) is 3.68. The van der Waals surface area contributed by atoms with Crippen LogP contribution in [0.1, 0.15) is 71.1 Å². The number of thiocyanates is 1. The molecule has 0 atom stereocenters. The first-order chi connectivity index (χ1) is 10.3. The maximum absolute atomic E-state index is 7.18. The molecule has 0 fully saturated rings. The van der Waals surface area contributed by atoms with Crippen LogP contribution in [-0.4, -0.2) is 18.0 Å². The van der Waals surface area contributed by atoms with Crippen LogP contribution in [0.2, 0.25) is 0 Å². The lowest BCUT2D eigenvalue weighted by molar-refractivity contribution is 0.392. The highest BCUT2D eigenvalue weighted by Gasteiger charge is 1.98. The van der Waals surface area contributed by atoms with Gasteiger partial charge in [-0.15, -0.1) is 0 Å². The van der Waals surface area contributed by atoms with E-state index in [-0.39, 0.29) is 0 Å². The molecule has 0 unspecified atom stereocenters. The summed E-state index contributed by atoms with van der Waals surface area (Å²) >= 11 is 3.09. The quantitative estimate of drug-likeness (QED) is 0.301. The average molecular weight is 309 g/mol. The molecule has 1 aliphatic rings. The van der Waals surface area contributed by atoms with Crippen LogP contribution in [0.3, 0.4) is 0 Å². The van der Waals surface area contributed by atoms with E-state index in [0.717, 1.165) is 6.54 Å². The second-order valence-corrected chi connectivity index (χ2v) is 5.75. The van der Waals surface area contributed by atoms with Crippen molar-refractivity contribution in [2.24, 2.45) is 0 Å². The summed E-state index contributed by atoms with van der Waals surface area (Å²) in [5, 5.41) is 8.63. The van der Waals surface area contributed by atoms with E-state index in [2.05, 4.69) is 48.9 Å². The van der Waals surface area contributed by atoms with Gasteiger partial charge < -0.3 is 4.90 Å². The second-order valence-electron chi connectivity index (χ2n) is 5.55. The molecule has 0 aromatic rings. The number of rotatable bonds is 11. The zero-order valence-electron chi connectivity index (χ0n) is 13.6. The van der Waals surface area contributed by atoms with E-state index in [1.165, 1.54) is 76.2 Å². The summed E-state index contributed by atoms with van der Waals surface area (Å²) in [6, 6.07) is 0. The van der Waals surface area contributed by atoms with Gasteiger partial charge in [0.05, 0.1) is 0 Å². The molecule has 0 saturated heterocycles. The van der Waals surface area contributed by atoms with Crippen LogP contribution in [0.5, 0.6) is 0 Å². The van der Waals surface area contributed by atoms with Gasteiger partial charge in [0.2, 0.25) is 0 Å². The summed E-state index contributed by atoms with van der Waals surface area (Å²) in [6.45, 7) is 4.62. The lowest BCUT2D eigenvalue weighted by Gasteiger charge is -2.20. The molecule has 0 radical (unpaired) electrons. The first-order valence-electron chi connectivity index (χ1n) is 8.45. The standard InChI is InChI=1S/C17H31N.CHNS/c1-2-3-4-5-6-7-8-9-10-12-15-18-16-13-11-14-17-18;2-1-3/h11,13-14,16H,2-10,12,15,17H2,1H3;3H. The number of nitriles is 1. The van der Waals surface area contributed by atoms with Gasteiger partial charge >= 0.3 is 0 Å². The minimum absolute atomic E-state index is 1.11. The van der Waals surface area contributed by atoms with Crippen molar-refractivity contribution in [1.82, 2.24) is 4.90 Å². The Kier molecular flexibility index (Phi) is 16.5. The summed E-state index contributed by atoms with van der Waals surface area (Å²) in [7, 11) is 0. The Morgan fingerprint density at radius 3 is 1.95 bits per heavy atom. The third kappa shape index (κ3) is 15.3. The molecule has 0 bridgehead atoms. The zero-order valence-corrected chi connectivity index (χ0v) is 14.5. The summed E-state index contributed by atoms with van der Waals surface area (Å²) in [5.41, 5.74) is 0. The lowest BCUT2D eigenvalue weighted by Crippen LogP contribution is -2.19. The van der Waals surface area contributed by atoms with Crippen LogP contribution in [0, 0.1) is 10.7 Å². The number of unbranched alkanes of at least 4 members (excludes halogenated alkanes) is 9. The molecule has 3 heteroatoms. The van der Waals surface area contributed by atoms with Gasteiger partial charge in [0.15, 0.2) is 0 Å². The summed E-state index contributed by atoms with van der Waals surface area (Å²) in [6.07, 6.45) is 23.0. The van der Waals surface area contributed by atoms with E-state index in [1.807, 2.05) is 0 Å². The number of nitrogens with zero attached hydrogens (tertiary/aromatic N) is 2. The molecule has 21 heavy (non-hydrogen) atoms. The molecule has 1 aliphatic heterocycles. The van der Waals surface area contributed by atoms with E-state index >= 15 is 0 Å². The molecule has 0 aliphatic carbocycles. The van der Waals surface area contributed by atoms with Crippen LogP contribution in [-0.2, 0) is 0 Å². The first-order valence-corrected chi connectivity index (χ1v) is 8.90. The van der Waals surface area contributed by atoms with Crippen LogP contribution < -0.4 is 0 Å². The molecule has 0 saturated carbocycles. The predicted octanol–water partition coefficient (Wildman–Crippen LogP) is 5.69. The van der Waals surface area contributed by atoms with E-state index < -0.39 is 0 Å². The number of hydrogen-bond donors (Lipinski definition) is 1. The normalized spacial score (nSPS) is 12.7. The summed E-state index contributed by atoms with van der Waals surface area (Å²) in [4.78, 5) is 2.41. The van der Waals surface area contributed by atoms with Crippen LogP contribution in [0.15, 0.2) is 24.4 Å². The fourth-order valence-corrected chi connectivity index (χ4v) is 2.48. The van der Waals surface area contributed by atoms with Gasteiger partial charge in [-0.1, -0.05) is 89.5 Å². The zero-order chi connectivity index (χ0) is 15.6. The predicted molar refractivity (Wildman–Crippen MR) is 96.3 cm³/mol. The van der Waals surface area contributed by atoms with Crippen LogP contribution in [0.4, 0.5) is 0 Å². The van der Waals surface area contributed by atoms with E-state index in [4.69, 9.17) is 5.26 Å². The van der Waals surface area contributed by atoms with Gasteiger partial charge in [0.25, 0.3) is 0 Å². The van der Waals surface area contributed by atoms with Crippen molar-refractivity contribution in [3.05, 3.63) is 24.4 Å². The van der Waals surface area contributed by atoms with Crippen molar-refractivity contribution in [3.8, 4) is 5.40 Å². The Morgan fingerprint density at radius 1 is 0.952 bits per heavy atom. The van der Waals surface area contributed by atoms with Gasteiger partial charge in [0, 0.05) is 13.1 Å². The number of allylic oxidation sites excluding steroid dienone is 2. The monoisotopic (exact) mass is 308 g/mol. The first kappa shape index (κ1) is 20.1. The van der Waals surface area contributed by atoms with Crippen LogP contribution >= 0.6 is 12.6 Å². The molecular weight excluding hydrogens is 276 g/mol. The van der Waals surface area contributed by atoms with Gasteiger partial charge in [-0.05, 0) is 18.7 Å². The molecule has 0 aromatic carbocycles. The van der Waals surface area contributed by atoms with Gasteiger partial charge in [-0.25, -0.2) is 0 Å². The Bertz CT molecular complexity index is 305. The third-order valence-electron chi connectivity index (χ3n) is 3.68. The van der Waals surface area contributed by atoms with Crippen molar-refractivity contribution in [2.45, 2.75) is 71.1 Å². The van der Waals surface area contributed by atoms with E-state index in [0.29, 0.717) is 0 Å². The molecule has 1 rings (SSSR count). The molecule has 0 aromatic heterocycles. The van der Waals surface area contributed by atoms with Crippen molar-refractivity contribution >= 4 is 12.6 Å². The summed E-state index contributed by atoms with van der Waals surface area (Å²) < 4.78 is 0. The smallest absolute Gasteiger partial charge is 0.130 e. The van der Waals surface area contributed by atoms with Gasteiger partial charge in [0.1, 0.15) is 5.40 Å².